The van der Waals surface area contributed by atoms with Gasteiger partial charge in [0.2, 0.25) is 5.91 Å². The standard InChI is InChI=1S/C18H21BN3O7/c1-10-5-19(26,27)29-17-13(10)2-3-14(16(17)18(24)25)28-12-7-22(8-12)15(23)4-11-6-20-9-21-11/h2-3,6,9-10,12,26-27H,4-5,7-8H2,1H3,(H,20,21)(H,24,25)/q-1/t10-/m0/s1. The molecule has 3 heterocycles. The van der Waals surface area contributed by atoms with Crippen LogP contribution in [0.25, 0.3) is 0 Å². The number of likely N-dealkylation sites (tertiary alicyclic amines) is 1. The lowest BCUT2D eigenvalue weighted by atomic mass is 9.65. The number of hydrogen-bond donors (Lipinski definition) is 4. The monoisotopic (exact) mass is 402 g/mol. The summed E-state index contributed by atoms with van der Waals surface area (Å²) in [7, 11) is 0. The molecule has 1 atom stereocenters. The zero-order chi connectivity index (χ0) is 20.8. The highest BCUT2D eigenvalue weighted by Gasteiger charge is 2.38. The molecule has 1 amide bonds. The fraction of sp³-hybridized carbons (Fsp3) is 0.389. The third-order valence-corrected chi connectivity index (χ3v) is 5.24. The van der Waals surface area contributed by atoms with Gasteiger partial charge in [-0.15, -0.1) is 0 Å². The zero-order valence-corrected chi connectivity index (χ0v) is 15.7. The number of imidazole rings is 1. The first-order valence-electron chi connectivity index (χ1n) is 9.35. The van der Waals surface area contributed by atoms with Crippen molar-refractivity contribution in [2.24, 2.45) is 0 Å². The van der Waals surface area contributed by atoms with Gasteiger partial charge in [0.1, 0.15) is 17.4 Å². The maximum Gasteiger partial charge on any atom is 0.431 e. The number of fused-ring (bicyclic) bond motifs is 1. The number of hydrogen-bond acceptors (Lipinski definition) is 7. The predicted octanol–water partition coefficient (Wildman–Crippen LogP) is 0.360. The van der Waals surface area contributed by atoms with Crippen LogP contribution in [0.3, 0.4) is 0 Å². The van der Waals surface area contributed by atoms with E-state index in [9.17, 15) is 24.7 Å². The molecule has 154 valence electrons. The Labute approximate surface area is 166 Å². The number of H-pyrrole nitrogens is 1. The summed E-state index contributed by atoms with van der Waals surface area (Å²) in [6, 6.07) is 3.22. The van der Waals surface area contributed by atoms with E-state index in [4.69, 9.17) is 9.39 Å². The lowest BCUT2D eigenvalue weighted by Gasteiger charge is -2.42. The highest BCUT2D eigenvalue weighted by atomic mass is 16.6. The van der Waals surface area contributed by atoms with E-state index < -0.39 is 12.7 Å². The van der Waals surface area contributed by atoms with Crippen molar-refractivity contribution in [1.29, 1.82) is 0 Å². The highest BCUT2D eigenvalue weighted by Crippen LogP contribution is 2.43. The first-order chi connectivity index (χ1) is 13.7. The van der Waals surface area contributed by atoms with Crippen molar-refractivity contribution in [3.63, 3.8) is 0 Å². The van der Waals surface area contributed by atoms with Gasteiger partial charge in [0.25, 0.3) is 0 Å². The summed E-state index contributed by atoms with van der Waals surface area (Å²) < 4.78 is 11.0. The summed E-state index contributed by atoms with van der Waals surface area (Å²) in [6.07, 6.45) is 2.96. The largest absolute Gasteiger partial charge is 0.669 e. The molecule has 11 heteroatoms. The smallest absolute Gasteiger partial charge is 0.431 e. The number of aromatic carboxylic acids is 1. The normalized spacial score (nSPS) is 20.4. The van der Waals surface area contributed by atoms with Gasteiger partial charge in [0.15, 0.2) is 0 Å². The second-order valence-electron chi connectivity index (χ2n) is 7.55. The lowest BCUT2D eigenvalue weighted by Crippen LogP contribution is -2.56. The van der Waals surface area contributed by atoms with Gasteiger partial charge >= 0.3 is 12.7 Å². The van der Waals surface area contributed by atoms with Gasteiger partial charge in [0.05, 0.1) is 37.3 Å². The second-order valence-corrected chi connectivity index (χ2v) is 7.55. The predicted molar refractivity (Wildman–Crippen MR) is 101 cm³/mol. The molecule has 0 aliphatic carbocycles. The first-order valence-corrected chi connectivity index (χ1v) is 9.35. The van der Waals surface area contributed by atoms with Gasteiger partial charge in [0, 0.05) is 6.20 Å². The van der Waals surface area contributed by atoms with Crippen molar-refractivity contribution in [3.05, 3.63) is 41.5 Å². The van der Waals surface area contributed by atoms with Gasteiger partial charge in [-0.05, 0) is 17.5 Å². The summed E-state index contributed by atoms with van der Waals surface area (Å²) in [5.74, 6) is -1.67. The van der Waals surface area contributed by atoms with Crippen LogP contribution in [-0.2, 0) is 11.2 Å². The summed E-state index contributed by atoms with van der Waals surface area (Å²) in [5, 5.41) is 29.6. The molecule has 1 fully saturated rings. The van der Waals surface area contributed by atoms with Crippen molar-refractivity contribution in [2.45, 2.75) is 31.7 Å². The molecule has 4 rings (SSSR count). The van der Waals surface area contributed by atoms with Crippen molar-refractivity contribution in [2.75, 3.05) is 13.1 Å². The molecule has 1 saturated heterocycles. The molecule has 1 aromatic carbocycles. The molecule has 0 radical (unpaired) electrons. The minimum absolute atomic E-state index is 0.0119. The van der Waals surface area contributed by atoms with Crippen molar-refractivity contribution >= 4 is 18.6 Å². The van der Waals surface area contributed by atoms with E-state index in [1.807, 2.05) is 0 Å². The van der Waals surface area contributed by atoms with Crippen LogP contribution in [0.5, 0.6) is 11.5 Å². The molecular formula is C18H21BN3O7-. The molecule has 0 spiro atoms. The Morgan fingerprint density at radius 1 is 1.38 bits per heavy atom. The van der Waals surface area contributed by atoms with Gasteiger partial charge in [-0.2, -0.15) is 0 Å². The Morgan fingerprint density at radius 3 is 2.79 bits per heavy atom. The number of carboxylic acids is 1. The van der Waals surface area contributed by atoms with Crippen molar-refractivity contribution in [3.8, 4) is 11.5 Å². The van der Waals surface area contributed by atoms with Crippen LogP contribution >= 0.6 is 0 Å². The number of rotatable bonds is 5. The number of nitrogens with zero attached hydrogens (tertiary/aromatic N) is 2. The van der Waals surface area contributed by atoms with E-state index >= 15 is 0 Å². The quantitative estimate of drug-likeness (QED) is 0.525. The Balaban J connectivity index is 1.47. The van der Waals surface area contributed by atoms with Gasteiger partial charge < -0.3 is 34.4 Å². The molecular weight excluding hydrogens is 381 g/mol. The van der Waals surface area contributed by atoms with E-state index in [0.717, 1.165) is 0 Å². The molecule has 2 aromatic rings. The molecule has 29 heavy (non-hydrogen) atoms. The Bertz CT molecular complexity index is 941. The minimum atomic E-state index is -3.13. The summed E-state index contributed by atoms with van der Waals surface area (Å²) in [6.45, 7) is -0.716. The number of aromatic nitrogens is 2. The number of carboxylic acid groups (broad SMARTS) is 1. The highest BCUT2D eigenvalue weighted by molar-refractivity contribution is 6.59. The van der Waals surface area contributed by atoms with Crippen LogP contribution in [0.2, 0.25) is 6.32 Å². The van der Waals surface area contributed by atoms with Gasteiger partial charge in [-0.3, -0.25) is 4.79 Å². The summed E-state index contributed by atoms with van der Waals surface area (Å²) >= 11 is 0. The Hall–Kier alpha value is -3.05. The molecule has 2 aliphatic heterocycles. The molecule has 10 nitrogen and oxygen atoms in total. The van der Waals surface area contributed by atoms with Crippen LogP contribution in [0.4, 0.5) is 0 Å². The molecule has 4 N–H and O–H groups in total. The van der Waals surface area contributed by atoms with E-state index in [1.165, 1.54) is 6.33 Å². The number of carbonyl (C=O) groups excluding carboxylic acids is 1. The maximum absolute atomic E-state index is 12.2. The molecule has 0 saturated carbocycles. The fourth-order valence-corrected chi connectivity index (χ4v) is 3.77. The molecule has 0 unspecified atom stereocenters. The second kappa shape index (κ2) is 7.09. The lowest BCUT2D eigenvalue weighted by molar-refractivity contribution is -0.139. The number of ether oxygens (including phenoxy) is 1. The third-order valence-electron chi connectivity index (χ3n) is 5.24. The summed E-state index contributed by atoms with van der Waals surface area (Å²) in [4.78, 5) is 32.5. The number of benzene rings is 1. The van der Waals surface area contributed by atoms with Crippen LogP contribution in [0, 0.1) is 0 Å². The molecule has 1 aromatic heterocycles. The van der Waals surface area contributed by atoms with E-state index in [1.54, 1.807) is 30.2 Å². The molecule has 2 aliphatic rings. The van der Waals surface area contributed by atoms with Crippen molar-refractivity contribution in [1.82, 2.24) is 14.9 Å². The van der Waals surface area contributed by atoms with Gasteiger partial charge in [-0.25, -0.2) is 9.78 Å². The molecule has 0 bridgehead atoms. The Morgan fingerprint density at radius 2 is 2.14 bits per heavy atom. The van der Waals surface area contributed by atoms with Crippen LogP contribution in [0.15, 0.2) is 24.7 Å². The third kappa shape index (κ3) is 3.78. The average molecular weight is 402 g/mol. The van der Waals surface area contributed by atoms with E-state index in [-0.39, 0.29) is 47.7 Å². The topological polar surface area (TPSA) is 145 Å². The van der Waals surface area contributed by atoms with Crippen molar-refractivity contribution < 1.29 is 34.1 Å². The van der Waals surface area contributed by atoms with Crippen LogP contribution in [0.1, 0.15) is 34.5 Å². The number of amides is 1. The fourth-order valence-electron chi connectivity index (χ4n) is 3.77. The zero-order valence-electron chi connectivity index (χ0n) is 15.7. The summed E-state index contributed by atoms with van der Waals surface area (Å²) in [5.41, 5.74) is 0.983. The van der Waals surface area contributed by atoms with E-state index in [2.05, 4.69) is 9.97 Å². The minimum Gasteiger partial charge on any atom is -0.669 e. The van der Waals surface area contributed by atoms with Crippen LogP contribution < -0.4 is 9.39 Å². The maximum atomic E-state index is 12.2. The van der Waals surface area contributed by atoms with E-state index in [0.29, 0.717) is 24.3 Å². The number of aromatic amines is 1. The Kier molecular flexibility index (Phi) is 4.71. The SMILES string of the molecule is C[C@H]1C[B-](O)(O)Oc2c1ccc(OC1CN(C(=O)Cc3c[nH]cn3)C1)c2C(=O)O. The number of carbonyl (C=O) groups is 2. The average Bonchev–Trinajstić information content (AvgIpc) is 3.08. The van der Waals surface area contributed by atoms with Crippen LogP contribution in [-0.4, -0.2) is 67.8 Å². The number of nitrogens with one attached hydrogen (secondary N) is 1. The first kappa shape index (κ1) is 19.3. The van der Waals surface area contributed by atoms with Gasteiger partial charge in [-0.1, -0.05) is 19.3 Å².